The molecule has 0 radical (unpaired) electrons. The molecule has 0 aliphatic carbocycles. The summed E-state index contributed by atoms with van der Waals surface area (Å²) < 4.78 is 18.4. The van der Waals surface area contributed by atoms with Gasteiger partial charge in [-0.3, -0.25) is 4.79 Å². The first kappa shape index (κ1) is 19.0. The second kappa shape index (κ2) is 9.22. The van der Waals surface area contributed by atoms with Gasteiger partial charge in [-0.05, 0) is 43.7 Å². The molecule has 2 aromatic carbocycles. The monoisotopic (exact) mass is 361 g/mol. The average molecular weight is 361 g/mol. The Morgan fingerprint density at radius 3 is 2.64 bits per heavy atom. The Hall–Kier alpha value is -2.34. The lowest BCUT2D eigenvalue weighted by molar-refractivity contribution is -0.119. The van der Waals surface area contributed by atoms with Crippen molar-refractivity contribution < 1.29 is 18.7 Å². The summed E-state index contributed by atoms with van der Waals surface area (Å²) in [4.78, 5) is 24.8. The van der Waals surface area contributed by atoms with E-state index in [1.807, 2.05) is 13.8 Å². The third-order valence-electron chi connectivity index (χ3n) is 3.17. The zero-order valence-electron chi connectivity index (χ0n) is 14.1. The molecule has 0 saturated heterocycles. The van der Waals surface area contributed by atoms with Gasteiger partial charge in [0.2, 0.25) is 5.91 Å². The quantitative estimate of drug-likeness (QED) is 0.602. The van der Waals surface area contributed by atoms with Gasteiger partial charge in [0.05, 0.1) is 11.3 Å². The zero-order chi connectivity index (χ0) is 18.2. The van der Waals surface area contributed by atoms with Crippen molar-refractivity contribution in [1.82, 2.24) is 5.32 Å². The van der Waals surface area contributed by atoms with Crippen LogP contribution in [-0.4, -0.2) is 23.7 Å². The molecule has 0 aromatic heterocycles. The van der Waals surface area contributed by atoms with E-state index < -0.39 is 5.97 Å². The number of amides is 1. The number of nitrogens with one attached hydrogen (secondary N) is 1. The molecule has 0 fully saturated rings. The fourth-order valence-corrected chi connectivity index (χ4v) is 2.97. The Morgan fingerprint density at radius 1 is 1.16 bits per heavy atom. The SMILES string of the molecule is CC(C)NC(=O)CSc1ccccc1C(=O)OCc1cccc(F)c1. The van der Waals surface area contributed by atoms with Crippen LogP contribution in [0.3, 0.4) is 0 Å². The van der Waals surface area contributed by atoms with E-state index in [0.29, 0.717) is 16.0 Å². The van der Waals surface area contributed by atoms with Gasteiger partial charge >= 0.3 is 5.97 Å². The Morgan fingerprint density at radius 2 is 1.92 bits per heavy atom. The minimum Gasteiger partial charge on any atom is -0.457 e. The van der Waals surface area contributed by atoms with Gasteiger partial charge in [-0.1, -0.05) is 24.3 Å². The highest BCUT2D eigenvalue weighted by atomic mass is 32.2. The number of hydrogen-bond donors (Lipinski definition) is 1. The molecule has 0 bridgehead atoms. The molecule has 6 heteroatoms. The Kier molecular flexibility index (Phi) is 7.01. The Bertz CT molecular complexity index is 749. The highest BCUT2D eigenvalue weighted by molar-refractivity contribution is 8.00. The standard InChI is InChI=1S/C19H20FNO3S/c1-13(2)21-18(22)12-25-17-9-4-3-8-16(17)19(23)24-11-14-6-5-7-15(20)10-14/h3-10,13H,11-12H2,1-2H3,(H,21,22). The number of esters is 1. The van der Waals surface area contributed by atoms with Crippen LogP contribution in [0.5, 0.6) is 0 Å². The lowest BCUT2D eigenvalue weighted by Crippen LogP contribution is -2.31. The maximum absolute atomic E-state index is 13.2. The molecule has 0 unspecified atom stereocenters. The number of thioether (sulfide) groups is 1. The van der Waals surface area contributed by atoms with Crippen molar-refractivity contribution in [2.75, 3.05) is 5.75 Å². The van der Waals surface area contributed by atoms with Gasteiger partial charge in [-0.15, -0.1) is 11.8 Å². The van der Waals surface area contributed by atoms with Crippen LogP contribution >= 0.6 is 11.8 Å². The van der Waals surface area contributed by atoms with Gasteiger partial charge in [-0.2, -0.15) is 0 Å². The van der Waals surface area contributed by atoms with Gasteiger partial charge < -0.3 is 10.1 Å². The van der Waals surface area contributed by atoms with Crippen molar-refractivity contribution in [3.8, 4) is 0 Å². The van der Waals surface area contributed by atoms with Gasteiger partial charge in [-0.25, -0.2) is 9.18 Å². The third kappa shape index (κ3) is 6.23. The fraction of sp³-hybridized carbons (Fsp3) is 0.263. The third-order valence-corrected chi connectivity index (χ3v) is 4.25. The van der Waals surface area contributed by atoms with E-state index in [1.165, 1.54) is 23.9 Å². The lowest BCUT2D eigenvalue weighted by atomic mass is 10.2. The highest BCUT2D eigenvalue weighted by Crippen LogP contribution is 2.23. The summed E-state index contributed by atoms with van der Waals surface area (Å²) in [5.41, 5.74) is 0.969. The first-order chi connectivity index (χ1) is 12.0. The first-order valence-corrected chi connectivity index (χ1v) is 8.87. The first-order valence-electron chi connectivity index (χ1n) is 7.88. The van der Waals surface area contributed by atoms with Crippen LogP contribution in [0, 0.1) is 5.82 Å². The van der Waals surface area contributed by atoms with Gasteiger partial charge in [0, 0.05) is 10.9 Å². The minimum absolute atomic E-state index is 0.0105. The normalized spacial score (nSPS) is 10.6. The Labute approximate surface area is 150 Å². The lowest BCUT2D eigenvalue weighted by Gasteiger charge is -2.11. The molecule has 4 nitrogen and oxygen atoms in total. The van der Waals surface area contributed by atoms with Gasteiger partial charge in [0.1, 0.15) is 12.4 Å². The van der Waals surface area contributed by atoms with Crippen molar-refractivity contribution in [2.24, 2.45) is 0 Å². The number of hydrogen-bond acceptors (Lipinski definition) is 4. The summed E-state index contributed by atoms with van der Waals surface area (Å²) in [6, 6.07) is 12.9. The van der Waals surface area contributed by atoms with Crippen LogP contribution in [0.1, 0.15) is 29.8 Å². The van der Waals surface area contributed by atoms with Crippen LogP contribution in [0.4, 0.5) is 4.39 Å². The maximum atomic E-state index is 13.2. The molecule has 25 heavy (non-hydrogen) atoms. The summed E-state index contributed by atoms with van der Waals surface area (Å²) in [7, 11) is 0. The van der Waals surface area contributed by atoms with E-state index in [0.717, 1.165) is 0 Å². The van der Waals surface area contributed by atoms with Crippen LogP contribution < -0.4 is 5.32 Å². The molecular weight excluding hydrogens is 341 g/mol. The summed E-state index contributed by atoms with van der Waals surface area (Å²) in [6.45, 7) is 3.77. The summed E-state index contributed by atoms with van der Waals surface area (Å²) in [5.74, 6) is -0.757. The van der Waals surface area contributed by atoms with Crippen LogP contribution in [0.25, 0.3) is 0 Å². The number of carbonyl (C=O) groups excluding carboxylic acids is 2. The van der Waals surface area contributed by atoms with Crippen LogP contribution in [0.2, 0.25) is 0 Å². The minimum atomic E-state index is -0.503. The molecule has 0 aliphatic heterocycles. The average Bonchev–Trinajstić information content (AvgIpc) is 2.57. The number of benzene rings is 2. The number of ether oxygens (including phenoxy) is 1. The molecular formula is C19H20FNO3S. The van der Waals surface area contributed by atoms with E-state index >= 15 is 0 Å². The van der Waals surface area contributed by atoms with Gasteiger partial charge in [0.25, 0.3) is 0 Å². The zero-order valence-corrected chi connectivity index (χ0v) is 14.9. The molecule has 0 atom stereocenters. The number of halogens is 1. The Balaban J connectivity index is 1.98. The molecule has 132 valence electrons. The second-order valence-corrected chi connectivity index (χ2v) is 6.73. The van der Waals surface area contributed by atoms with Crippen LogP contribution in [-0.2, 0) is 16.1 Å². The van der Waals surface area contributed by atoms with Crippen molar-refractivity contribution >= 4 is 23.6 Å². The molecule has 0 spiro atoms. The molecule has 1 N–H and O–H groups in total. The van der Waals surface area contributed by atoms with E-state index in [9.17, 15) is 14.0 Å². The fourth-order valence-electron chi connectivity index (χ4n) is 2.12. The predicted octanol–water partition coefficient (Wildman–Crippen LogP) is 3.80. The second-order valence-electron chi connectivity index (χ2n) is 5.71. The maximum Gasteiger partial charge on any atom is 0.339 e. The van der Waals surface area contributed by atoms with Crippen molar-refractivity contribution in [1.29, 1.82) is 0 Å². The topological polar surface area (TPSA) is 55.4 Å². The van der Waals surface area contributed by atoms with Gasteiger partial charge in [0.15, 0.2) is 0 Å². The molecule has 0 aliphatic rings. The van der Waals surface area contributed by atoms with Crippen molar-refractivity contribution in [3.63, 3.8) is 0 Å². The molecule has 0 heterocycles. The largest absolute Gasteiger partial charge is 0.457 e. The summed E-state index contributed by atoms with van der Waals surface area (Å²) >= 11 is 1.28. The van der Waals surface area contributed by atoms with E-state index in [2.05, 4.69) is 5.32 Å². The number of carbonyl (C=O) groups is 2. The van der Waals surface area contributed by atoms with E-state index in [1.54, 1.807) is 36.4 Å². The van der Waals surface area contributed by atoms with Crippen molar-refractivity contribution in [2.45, 2.75) is 31.4 Å². The summed E-state index contributed by atoms with van der Waals surface area (Å²) in [5, 5.41) is 2.80. The molecule has 0 saturated carbocycles. The summed E-state index contributed by atoms with van der Waals surface area (Å²) in [6.07, 6.45) is 0. The van der Waals surface area contributed by atoms with E-state index in [4.69, 9.17) is 4.74 Å². The molecule has 2 rings (SSSR count). The smallest absolute Gasteiger partial charge is 0.339 e. The van der Waals surface area contributed by atoms with E-state index in [-0.39, 0.29) is 30.1 Å². The molecule has 1 amide bonds. The number of rotatable bonds is 7. The predicted molar refractivity (Wildman–Crippen MR) is 96.0 cm³/mol. The molecule has 2 aromatic rings. The van der Waals surface area contributed by atoms with Crippen molar-refractivity contribution in [3.05, 3.63) is 65.5 Å². The van der Waals surface area contributed by atoms with Crippen LogP contribution in [0.15, 0.2) is 53.4 Å². The highest BCUT2D eigenvalue weighted by Gasteiger charge is 2.14.